The van der Waals surface area contributed by atoms with Gasteiger partial charge in [0.1, 0.15) is 11.5 Å². The first kappa shape index (κ1) is 14.3. The molecule has 0 aliphatic heterocycles. The van der Waals surface area contributed by atoms with E-state index in [0.29, 0.717) is 33.8 Å². The first-order valence-electron chi connectivity index (χ1n) is 7.04. The average molecular weight is 296 g/mol. The summed E-state index contributed by atoms with van der Waals surface area (Å²) in [6, 6.07) is 10.7. The molecule has 112 valence electrons. The van der Waals surface area contributed by atoms with Crippen molar-refractivity contribution < 1.29 is 19.1 Å². The molecule has 0 atom stereocenters. The van der Waals surface area contributed by atoms with Crippen molar-refractivity contribution in [1.29, 1.82) is 0 Å². The SMILES string of the molecule is COc1cccc2c1C(=O)Cc1cccc(OC)c1C(=O)C2. The Hall–Kier alpha value is -2.62. The standard InChI is InChI=1S/C18H16O4/c1-21-15-7-3-5-11-9-14(20)18-12(10-13(19)17(11)15)6-4-8-16(18)22-2/h3-8H,9-10H2,1-2H3. The number of ketones is 2. The summed E-state index contributed by atoms with van der Waals surface area (Å²) in [5.41, 5.74) is 2.41. The predicted octanol–water partition coefficient (Wildman–Crippen LogP) is 2.87. The van der Waals surface area contributed by atoms with Crippen LogP contribution in [-0.4, -0.2) is 25.8 Å². The Morgan fingerprint density at radius 3 is 1.50 bits per heavy atom. The van der Waals surface area contributed by atoms with Crippen molar-refractivity contribution >= 4 is 11.6 Å². The Kier molecular flexibility index (Phi) is 3.67. The van der Waals surface area contributed by atoms with E-state index in [1.807, 2.05) is 0 Å². The third-order valence-corrected chi connectivity index (χ3v) is 3.92. The largest absolute Gasteiger partial charge is 0.496 e. The summed E-state index contributed by atoms with van der Waals surface area (Å²) >= 11 is 0. The van der Waals surface area contributed by atoms with E-state index < -0.39 is 0 Å². The van der Waals surface area contributed by atoms with Crippen molar-refractivity contribution in [1.82, 2.24) is 0 Å². The molecule has 22 heavy (non-hydrogen) atoms. The van der Waals surface area contributed by atoms with Crippen LogP contribution in [-0.2, 0) is 12.8 Å². The highest BCUT2D eigenvalue weighted by Gasteiger charge is 2.27. The van der Waals surface area contributed by atoms with Crippen LogP contribution in [0.2, 0.25) is 0 Å². The summed E-state index contributed by atoms with van der Waals surface area (Å²) in [5, 5.41) is 0. The van der Waals surface area contributed by atoms with Crippen molar-refractivity contribution in [3.05, 3.63) is 58.7 Å². The van der Waals surface area contributed by atoms with E-state index in [4.69, 9.17) is 9.47 Å². The molecule has 0 fully saturated rings. The van der Waals surface area contributed by atoms with Crippen molar-refractivity contribution in [2.75, 3.05) is 14.2 Å². The van der Waals surface area contributed by atoms with Gasteiger partial charge in [0.05, 0.1) is 25.3 Å². The fraction of sp³-hybridized carbons (Fsp3) is 0.222. The van der Waals surface area contributed by atoms with E-state index in [2.05, 4.69) is 0 Å². The number of carbonyl (C=O) groups excluding carboxylic acids is 2. The van der Waals surface area contributed by atoms with Crippen LogP contribution in [0.5, 0.6) is 11.5 Å². The summed E-state index contributed by atoms with van der Waals surface area (Å²) in [7, 11) is 3.06. The van der Waals surface area contributed by atoms with Gasteiger partial charge >= 0.3 is 0 Å². The van der Waals surface area contributed by atoms with Gasteiger partial charge < -0.3 is 9.47 Å². The van der Waals surface area contributed by atoms with Gasteiger partial charge in [-0.2, -0.15) is 0 Å². The summed E-state index contributed by atoms with van der Waals surface area (Å²) in [4.78, 5) is 25.3. The molecule has 0 saturated carbocycles. The molecule has 4 heteroatoms. The van der Waals surface area contributed by atoms with E-state index in [1.165, 1.54) is 14.2 Å². The lowest BCUT2D eigenvalue weighted by Gasteiger charge is -2.19. The van der Waals surface area contributed by atoms with Crippen molar-refractivity contribution in [3.63, 3.8) is 0 Å². The summed E-state index contributed by atoms with van der Waals surface area (Å²) in [6.45, 7) is 0. The predicted molar refractivity (Wildman–Crippen MR) is 82.1 cm³/mol. The molecule has 0 saturated heterocycles. The Bertz CT molecular complexity index is 696. The van der Waals surface area contributed by atoms with Gasteiger partial charge in [0.25, 0.3) is 0 Å². The highest BCUT2D eigenvalue weighted by molar-refractivity contribution is 6.09. The number of ether oxygens (including phenoxy) is 2. The molecule has 1 aliphatic rings. The maximum absolute atomic E-state index is 12.7. The van der Waals surface area contributed by atoms with Crippen molar-refractivity contribution in [2.24, 2.45) is 0 Å². The zero-order valence-electron chi connectivity index (χ0n) is 12.5. The van der Waals surface area contributed by atoms with Crippen LogP contribution in [0.4, 0.5) is 0 Å². The van der Waals surface area contributed by atoms with E-state index in [0.717, 1.165) is 0 Å². The molecule has 3 rings (SSSR count). The van der Waals surface area contributed by atoms with Gasteiger partial charge in [-0.1, -0.05) is 24.3 Å². The summed E-state index contributed by atoms with van der Waals surface area (Å²) < 4.78 is 10.6. The smallest absolute Gasteiger partial charge is 0.171 e. The lowest BCUT2D eigenvalue weighted by Crippen LogP contribution is -2.19. The third kappa shape index (κ3) is 2.26. The zero-order valence-corrected chi connectivity index (χ0v) is 12.5. The second-order valence-corrected chi connectivity index (χ2v) is 5.19. The minimum absolute atomic E-state index is 0.0468. The molecule has 0 aromatic heterocycles. The minimum atomic E-state index is -0.0468. The zero-order chi connectivity index (χ0) is 15.7. The molecular weight excluding hydrogens is 280 g/mol. The number of hydrogen-bond acceptors (Lipinski definition) is 4. The number of carbonyl (C=O) groups is 2. The van der Waals surface area contributed by atoms with Gasteiger partial charge in [-0.25, -0.2) is 0 Å². The molecule has 2 aromatic rings. The number of Topliss-reactive ketones (excluding diaryl/α,β-unsaturated/α-hetero) is 2. The van der Waals surface area contributed by atoms with Crippen LogP contribution in [0, 0.1) is 0 Å². The minimum Gasteiger partial charge on any atom is -0.496 e. The molecular formula is C18H16O4. The first-order valence-corrected chi connectivity index (χ1v) is 7.04. The molecule has 0 spiro atoms. The highest BCUT2D eigenvalue weighted by atomic mass is 16.5. The topological polar surface area (TPSA) is 52.6 Å². The molecule has 0 radical (unpaired) electrons. The number of rotatable bonds is 2. The Balaban J connectivity index is 2.18. The molecule has 2 aromatic carbocycles. The van der Waals surface area contributed by atoms with Crippen LogP contribution in [0.3, 0.4) is 0 Å². The number of methoxy groups -OCH3 is 2. The molecule has 0 N–H and O–H groups in total. The summed E-state index contributed by atoms with van der Waals surface area (Å²) in [5.74, 6) is 0.937. The molecule has 4 nitrogen and oxygen atoms in total. The molecule has 0 unspecified atom stereocenters. The monoisotopic (exact) mass is 296 g/mol. The fourth-order valence-electron chi connectivity index (χ4n) is 2.94. The molecule has 0 amide bonds. The number of benzene rings is 2. The Morgan fingerprint density at radius 2 is 1.14 bits per heavy atom. The second kappa shape index (κ2) is 5.64. The maximum Gasteiger partial charge on any atom is 0.171 e. The Labute approximate surface area is 128 Å². The molecule has 0 bridgehead atoms. The van der Waals surface area contributed by atoms with Crippen LogP contribution in [0.15, 0.2) is 36.4 Å². The van der Waals surface area contributed by atoms with Crippen molar-refractivity contribution in [3.8, 4) is 11.5 Å². The first-order chi connectivity index (χ1) is 10.7. The lowest BCUT2D eigenvalue weighted by molar-refractivity contribution is 0.0972. The third-order valence-electron chi connectivity index (χ3n) is 3.92. The lowest BCUT2D eigenvalue weighted by atomic mass is 9.86. The van der Waals surface area contributed by atoms with E-state index >= 15 is 0 Å². The van der Waals surface area contributed by atoms with Crippen LogP contribution >= 0.6 is 0 Å². The number of hydrogen-bond donors (Lipinski definition) is 0. The van der Waals surface area contributed by atoms with Gasteiger partial charge in [-0.3, -0.25) is 9.59 Å². The Morgan fingerprint density at radius 1 is 0.727 bits per heavy atom. The van der Waals surface area contributed by atoms with E-state index in [1.54, 1.807) is 36.4 Å². The van der Waals surface area contributed by atoms with Crippen LogP contribution in [0.25, 0.3) is 0 Å². The van der Waals surface area contributed by atoms with Gasteiger partial charge in [0.2, 0.25) is 0 Å². The van der Waals surface area contributed by atoms with Gasteiger partial charge in [0, 0.05) is 12.8 Å². The highest BCUT2D eigenvalue weighted by Crippen LogP contribution is 2.31. The van der Waals surface area contributed by atoms with Crippen molar-refractivity contribution in [2.45, 2.75) is 12.8 Å². The second-order valence-electron chi connectivity index (χ2n) is 5.19. The maximum atomic E-state index is 12.7. The average Bonchev–Trinajstić information content (AvgIpc) is 2.52. The summed E-state index contributed by atoms with van der Waals surface area (Å²) in [6.07, 6.45) is 0.317. The van der Waals surface area contributed by atoms with Crippen LogP contribution in [0.1, 0.15) is 31.8 Å². The number of fused-ring (bicyclic) bond motifs is 2. The fourth-order valence-corrected chi connectivity index (χ4v) is 2.94. The van der Waals surface area contributed by atoms with Gasteiger partial charge in [-0.15, -0.1) is 0 Å². The van der Waals surface area contributed by atoms with E-state index in [9.17, 15) is 9.59 Å². The van der Waals surface area contributed by atoms with Crippen LogP contribution < -0.4 is 9.47 Å². The van der Waals surface area contributed by atoms with E-state index in [-0.39, 0.29) is 24.4 Å². The van der Waals surface area contributed by atoms with Gasteiger partial charge in [0.15, 0.2) is 11.6 Å². The quantitative estimate of drug-likeness (QED) is 0.855. The molecule has 0 heterocycles. The van der Waals surface area contributed by atoms with Gasteiger partial charge in [-0.05, 0) is 23.3 Å². The normalized spacial score (nSPS) is 13.7. The molecule has 1 aliphatic carbocycles.